The standard InChI is InChI=1S/C21H28N4O2S.HI/c22-21(23-14-13-18-9-3-1-4-10-18)24-17-19-11-5-6-12-20(19)28(26,27)25-15-7-2-8-16-25;/h1,3-6,9-12H,2,7-8,13-17H2,(H3,22,23,24);1H. The second-order valence-corrected chi connectivity index (χ2v) is 8.84. The highest BCUT2D eigenvalue weighted by Gasteiger charge is 2.27. The second-order valence-electron chi connectivity index (χ2n) is 6.94. The van der Waals surface area contributed by atoms with E-state index in [0.717, 1.165) is 25.7 Å². The Kier molecular flexibility index (Phi) is 9.38. The van der Waals surface area contributed by atoms with Crippen LogP contribution in [0.25, 0.3) is 0 Å². The molecule has 0 aliphatic carbocycles. The van der Waals surface area contributed by atoms with Crippen molar-refractivity contribution in [3.8, 4) is 0 Å². The van der Waals surface area contributed by atoms with E-state index in [2.05, 4.69) is 22.4 Å². The van der Waals surface area contributed by atoms with E-state index in [1.165, 1.54) is 5.56 Å². The molecule has 3 N–H and O–H groups in total. The minimum absolute atomic E-state index is 0. The number of piperidine rings is 1. The van der Waals surface area contributed by atoms with E-state index in [1.54, 1.807) is 22.5 Å². The molecule has 3 rings (SSSR count). The van der Waals surface area contributed by atoms with Gasteiger partial charge in [-0.15, -0.1) is 24.0 Å². The van der Waals surface area contributed by atoms with Crippen LogP contribution in [0.15, 0.2) is 64.5 Å². The molecule has 6 nitrogen and oxygen atoms in total. The average molecular weight is 528 g/mol. The Bertz CT molecular complexity index is 898. The lowest BCUT2D eigenvalue weighted by Gasteiger charge is -2.26. The van der Waals surface area contributed by atoms with Crippen LogP contribution in [0.3, 0.4) is 0 Å². The zero-order valence-electron chi connectivity index (χ0n) is 16.5. The van der Waals surface area contributed by atoms with E-state index in [9.17, 15) is 8.42 Å². The van der Waals surface area contributed by atoms with Gasteiger partial charge in [0.15, 0.2) is 5.96 Å². The fourth-order valence-electron chi connectivity index (χ4n) is 3.34. The molecule has 2 aromatic rings. The molecule has 0 atom stereocenters. The monoisotopic (exact) mass is 528 g/mol. The molecule has 29 heavy (non-hydrogen) atoms. The summed E-state index contributed by atoms with van der Waals surface area (Å²) in [5.74, 6) is 0.320. The number of rotatable bonds is 7. The molecule has 1 aliphatic rings. The Morgan fingerprint density at radius 2 is 1.66 bits per heavy atom. The van der Waals surface area contributed by atoms with Crippen molar-refractivity contribution in [2.24, 2.45) is 10.7 Å². The van der Waals surface area contributed by atoms with Crippen molar-refractivity contribution in [2.45, 2.75) is 37.1 Å². The van der Waals surface area contributed by atoms with E-state index in [0.29, 0.717) is 36.1 Å². The van der Waals surface area contributed by atoms with Gasteiger partial charge in [-0.3, -0.25) is 0 Å². The predicted octanol–water partition coefficient (Wildman–Crippen LogP) is 3.13. The van der Waals surface area contributed by atoms with Crippen LogP contribution in [0, 0.1) is 0 Å². The first-order valence-electron chi connectivity index (χ1n) is 9.73. The van der Waals surface area contributed by atoms with Crippen molar-refractivity contribution in [1.82, 2.24) is 9.62 Å². The largest absolute Gasteiger partial charge is 0.370 e. The van der Waals surface area contributed by atoms with Crippen molar-refractivity contribution < 1.29 is 8.42 Å². The van der Waals surface area contributed by atoms with Crippen LogP contribution >= 0.6 is 24.0 Å². The number of guanidine groups is 1. The fourth-order valence-corrected chi connectivity index (χ4v) is 5.07. The number of hydrogen-bond donors (Lipinski definition) is 2. The molecule has 0 saturated carbocycles. The Hall–Kier alpha value is -1.65. The minimum Gasteiger partial charge on any atom is -0.370 e. The average Bonchev–Trinajstić information content (AvgIpc) is 2.74. The van der Waals surface area contributed by atoms with Crippen LogP contribution in [-0.2, 0) is 23.0 Å². The quantitative estimate of drug-likeness (QED) is 0.329. The summed E-state index contributed by atoms with van der Waals surface area (Å²) in [4.78, 5) is 4.68. The maximum absolute atomic E-state index is 13.0. The summed E-state index contributed by atoms with van der Waals surface area (Å²) in [5, 5.41) is 3.09. The molecule has 0 radical (unpaired) electrons. The molecule has 0 bridgehead atoms. The SMILES string of the molecule is I.NC(=NCc1ccccc1S(=O)(=O)N1CCCCC1)NCCc1ccccc1. The number of nitrogens with one attached hydrogen (secondary N) is 1. The van der Waals surface area contributed by atoms with Gasteiger partial charge in [0.25, 0.3) is 0 Å². The Morgan fingerprint density at radius 1 is 1.00 bits per heavy atom. The van der Waals surface area contributed by atoms with E-state index in [-0.39, 0.29) is 30.5 Å². The van der Waals surface area contributed by atoms with Crippen LogP contribution in [0.4, 0.5) is 0 Å². The van der Waals surface area contributed by atoms with Crippen molar-refractivity contribution >= 4 is 40.0 Å². The Morgan fingerprint density at radius 3 is 2.38 bits per heavy atom. The van der Waals surface area contributed by atoms with Gasteiger partial charge in [0.1, 0.15) is 0 Å². The first-order chi connectivity index (χ1) is 13.6. The van der Waals surface area contributed by atoms with Crippen LogP contribution < -0.4 is 11.1 Å². The molecule has 0 amide bonds. The molecule has 2 aromatic carbocycles. The lowest BCUT2D eigenvalue weighted by molar-refractivity contribution is 0.346. The third kappa shape index (κ3) is 6.68. The van der Waals surface area contributed by atoms with Gasteiger partial charge in [-0.25, -0.2) is 13.4 Å². The van der Waals surface area contributed by atoms with E-state index < -0.39 is 10.0 Å². The van der Waals surface area contributed by atoms with Crippen LogP contribution in [0.1, 0.15) is 30.4 Å². The molecule has 0 spiro atoms. The van der Waals surface area contributed by atoms with Gasteiger partial charge in [0, 0.05) is 19.6 Å². The predicted molar refractivity (Wildman–Crippen MR) is 128 cm³/mol. The van der Waals surface area contributed by atoms with Gasteiger partial charge in [-0.2, -0.15) is 4.31 Å². The number of nitrogens with zero attached hydrogens (tertiary/aromatic N) is 2. The topological polar surface area (TPSA) is 87.8 Å². The Balaban J connectivity index is 0.00000300. The molecule has 8 heteroatoms. The number of sulfonamides is 1. The Labute approximate surface area is 190 Å². The summed E-state index contributed by atoms with van der Waals surface area (Å²) in [7, 11) is -3.49. The number of benzene rings is 2. The summed E-state index contributed by atoms with van der Waals surface area (Å²) < 4.78 is 27.6. The lowest BCUT2D eigenvalue weighted by atomic mass is 10.1. The molecule has 1 aliphatic heterocycles. The summed E-state index contributed by atoms with van der Waals surface area (Å²) in [5.41, 5.74) is 7.86. The first kappa shape index (κ1) is 23.6. The highest BCUT2D eigenvalue weighted by molar-refractivity contribution is 14.0. The number of aliphatic imine (C=N–C) groups is 1. The third-order valence-corrected chi connectivity index (χ3v) is 6.89. The summed E-state index contributed by atoms with van der Waals surface area (Å²) in [6, 6.07) is 17.2. The van der Waals surface area contributed by atoms with Gasteiger partial charge >= 0.3 is 0 Å². The fraction of sp³-hybridized carbons (Fsp3) is 0.381. The molecular formula is C21H29IN4O2S. The van der Waals surface area contributed by atoms with Crippen molar-refractivity contribution in [2.75, 3.05) is 19.6 Å². The normalized spacial score (nSPS) is 15.5. The highest BCUT2D eigenvalue weighted by atomic mass is 127. The summed E-state index contributed by atoms with van der Waals surface area (Å²) in [6.45, 7) is 2.08. The van der Waals surface area contributed by atoms with Crippen LogP contribution in [0.2, 0.25) is 0 Å². The van der Waals surface area contributed by atoms with Crippen LogP contribution in [-0.4, -0.2) is 38.3 Å². The first-order valence-corrected chi connectivity index (χ1v) is 11.2. The smallest absolute Gasteiger partial charge is 0.243 e. The molecule has 158 valence electrons. The van der Waals surface area contributed by atoms with Gasteiger partial charge in [-0.1, -0.05) is 55.0 Å². The van der Waals surface area contributed by atoms with Crippen LogP contribution in [0.5, 0.6) is 0 Å². The van der Waals surface area contributed by atoms with E-state index in [4.69, 9.17) is 5.73 Å². The van der Waals surface area contributed by atoms with E-state index in [1.807, 2.05) is 24.3 Å². The second kappa shape index (κ2) is 11.5. The molecule has 1 saturated heterocycles. The van der Waals surface area contributed by atoms with Gasteiger partial charge in [-0.05, 0) is 36.5 Å². The lowest BCUT2D eigenvalue weighted by Crippen LogP contribution is -2.36. The maximum Gasteiger partial charge on any atom is 0.243 e. The highest BCUT2D eigenvalue weighted by Crippen LogP contribution is 2.24. The van der Waals surface area contributed by atoms with E-state index >= 15 is 0 Å². The molecule has 0 aromatic heterocycles. The van der Waals surface area contributed by atoms with Crippen molar-refractivity contribution in [3.05, 3.63) is 65.7 Å². The molecule has 1 fully saturated rings. The zero-order valence-corrected chi connectivity index (χ0v) is 19.6. The molecular weight excluding hydrogens is 499 g/mol. The molecule has 0 unspecified atom stereocenters. The number of halogens is 1. The summed E-state index contributed by atoms with van der Waals surface area (Å²) in [6.07, 6.45) is 3.76. The van der Waals surface area contributed by atoms with Crippen molar-refractivity contribution in [1.29, 1.82) is 0 Å². The summed E-state index contributed by atoms with van der Waals surface area (Å²) >= 11 is 0. The minimum atomic E-state index is -3.49. The number of hydrogen-bond acceptors (Lipinski definition) is 3. The van der Waals surface area contributed by atoms with Crippen molar-refractivity contribution in [3.63, 3.8) is 0 Å². The van der Waals surface area contributed by atoms with Gasteiger partial charge in [0.2, 0.25) is 10.0 Å². The van der Waals surface area contributed by atoms with Gasteiger partial charge < -0.3 is 11.1 Å². The zero-order chi connectivity index (χ0) is 19.8. The number of nitrogens with two attached hydrogens (primary N) is 1. The van der Waals surface area contributed by atoms with Gasteiger partial charge in [0.05, 0.1) is 11.4 Å². The third-order valence-electron chi connectivity index (χ3n) is 4.89. The maximum atomic E-state index is 13.0. The molecule has 1 heterocycles.